The van der Waals surface area contributed by atoms with Crippen molar-refractivity contribution in [2.45, 2.75) is 37.6 Å². The third kappa shape index (κ3) is 1.89. The lowest BCUT2D eigenvalue weighted by Gasteiger charge is -2.63. The van der Waals surface area contributed by atoms with Crippen molar-refractivity contribution in [1.82, 2.24) is 0 Å². The van der Waals surface area contributed by atoms with Gasteiger partial charge in [-0.05, 0) is 30.5 Å². The van der Waals surface area contributed by atoms with E-state index < -0.39 is 28.6 Å². The molecule has 136 valence electrons. The Bertz CT molecular complexity index is 909. The fourth-order valence-electron chi connectivity index (χ4n) is 4.92. The Balaban J connectivity index is 1.96. The number of hydrogen-bond acceptors (Lipinski definition) is 7. The lowest BCUT2D eigenvalue weighted by atomic mass is 9.48. The van der Waals surface area contributed by atoms with Gasteiger partial charge in [0.05, 0.1) is 31.2 Å². The average molecular weight is 362 g/mol. The summed E-state index contributed by atoms with van der Waals surface area (Å²) in [4.78, 5) is 0. The van der Waals surface area contributed by atoms with Crippen LogP contribution >= 0.6 is 0 Å². The molecule has 0 unspecified atom stereocenters. The summed E-state index contributed by atoms with van der Waals surface area (Å²) < 4.78 is 17.4. The third-order valence-corrected chi connectivity index (χ3v) is 6.23. The molecule has 0 amide bonds. The molecular formula is C20H18N4O3. The standard InChI is InChI=1S/C20H18N4O3/c1-25-14-7-5-13(6-8-14)16-19(12-23)17(24)27-20(26-16)9-3-2-4-15(20)18(19,10-21)11-22/h5-8,15-16,24H,2-4,9H2,1H3/t15-,16-,19+,20+/m0/s1. The number of nitrogens with one attached hydrogen (secondary N) is 1. The van der Waals surface area contributed by atoms with Crippen molar-refractivity contribution in [3.8, 4) is 24.0 Å². The summed E-state index contributed by atoms with van der Waals surface area (Å²) >= 11 is 0. The van der Waals surface area contributed by atoms with Crippen LogP contribution in [0.25, 0.3) is 0 Å². The van der Waals surface area contributed by atoms with E-state index in [-0.39, 0.29) is 5.90 Å². The van der Waals surface area contributed by atoms with Crippen LogP contribution in [0.4, 0.5) is 0 Å². The van der Waals surface area contributed by atoms with Gasteiger partial charge in [-0.15, -0.1) is 0 Å². The predicted molar refractivity (Wildman–Crippen MR) is 92.0 cm³/mol. The predicted octanol–water partition coefficient (Wildman–Crippen LogP) is 3.20. The van der Waals surface area contributed by atoms with Crippen LogP contribution in [-0.4, -0.2) is 18.8 Å². The molecule has 1 N–H and O–H groups in total. The largest absolute Gasteiger partial charge is 0.497 e. The molecule has 7 heteroatoms. The zero-order valence-corrected chi connectivity index (χ0v) is 14.9. The molecule has 2 bridgehead atoms. The quantitative estimate of drug-likeness (QED) is 0.861. The first-order valence-electron chi connectivity index (χ1n) is 8.87. The van der Waals surface area contributed by atoms with Crippen LogP contribution in [0, 0.1) is 56.2 Å². The first-order chi connectivity index (χ1) is 13.0. The fourth-order valence-corrected chi connectivity index (χ4v) is 4.92. The van der Waals surface area contributed by atoms with E-state index in [4.69, 9.17) is 19.6 Å². The summed E-state index contributed by atoms with van der Waals surface area (Å²) in [5.41, 5.74) is -2.92. The molecule has 1 aromatic rings. The fraction of sp³-hybridized carbons (Fsp3) is 0.500. The Labute approximate surface area is 157 Å². The second-order valence-corrected chi connectivity index (χ2v) is 7.26. The Morgan fingerprint density at radius 2 is 1.81 bits per heavy atom. The molecule has 7 nitrogen and oxygen atoms in total. The molecule has 1 aromatic carbocycles. The van der Waals surface area contributed by atoms with Gasteiger partial charge in [0.25, 0.3) is 0 Å². The van der Waals surface area contributed by atoms with Gasteiger partial charge < -0.3 is 14.2 Å². The summed E-state index contributed by atoms with van der Waals surface area (Å²) in [6, 6.07) is 13.3. The minimum Gasteiger partial charge on any atom is -0.497 e. The highest BCUT2D eigenvalue weighted by Gasteiger charge is 2.80. The van der Waals surface area contributed by atoms with Gasteiger partial charge in [-0.3, -0.25) is 5.41 Å². The minimum absolute atomic E-state index is 0.349. The molecule has 4 atom stereocenters. The number of hydrogen-bond donors (Lipinski definition) is 1. The number of methoxy groups -OCH3 is 1. The van der Waals surface area contributed by atoms with E-state index in [0.29, 0.717) is 24.2 Å². The molecule has 27 heavy (non-hydrogen) atoms. The summed E-state index contributed by atoms with van der Waals surface area (Å²) in [5.74, 6) is -1.50. The number of ether oxygens (including phenoxy) is 3. The monoisotopic (exact) mass is 362 g/mol. The van der Waals surface area contributed by atoms with Gasteiger partial charge in [-0.25, -0.2) is 0 Å². The van der Waals surface area contributed by atoms with Crippen LogP contribution in [0.2, 0.25) is 0 Å². The van der Waals surface area contributed by atoms with Crippen LogP contribution in [-0.2, 0) is 9.47 Å². The van der Waals surface area contributed by atoms with Crippen molar-refractivity contribution < 1.29 is 14.2 Å². The van der Waals surface area contributed by atoms with E-state index in [2.05, 4.69) is 18.2 Å². The van der Waals surface area contributed by atoms with Crippen LogP contribution in [0.15, 0.2) is 24.3 Å². The maximum atomic E-state index is 10.2. The van der Waals surface area contributed by atoms with Gasteiger partial charge in [-0.1, -0.05) is 18.6 Å². The Kier molecular flexibility index (Phi) is 3.67. The summed E-state index contributed by atoms with van der Waals surface area (Å²) in [6.45, 7) is 0. The zero-order valence-electron chi connectivity index (χ0n) is 14.9. The van der Waals surface area contributed by atoms with Crippen LogP contribution < -0.4 is 4.74 Å². The number of rotatable bonds is 2. The maximum Gasteiger partial charge on any atom is 0.218 e. The lowest BCUT2D eigenvalue weighted by molar-refractivity contribution is -0.360. The normalized spacial score (nSPS) is 35.7. The number of benzene rings is 1. The first-order valence-corrected chi connectivity index (χ1v) is 8.87. The Hall–Kier alpha value is -3.08. The van der Waals surface area contributed by atoms with Gasteiger partial charge in [-0.2, -0.15) is 15.8 Å². The maximum absolute atomic E-state index is 10.2. The van der Waals surface area contributed by atoms with Crippen molar-refractivity contribution in [2.24, 2.45) is 16.7 Å². The first kappa shape index (κ1) is 17.3. The van der Waals surface area contributed by atoms with Gasteiger partial charge in [0, 0.05) is 6.42 Å². The van der Waals surface area contributed by atoms with Gasteiger partial charge >= 0.3 is 0 Å². The third-order valence-electron chi connectivity index (χ3n) is 6.23. The number of fused-ring (bicyclic) bond motifs is 2. The SMILES string of the molecule is COc1ccc([C@@H]2O[C@@]34CCCC[C@H]3C(C#N)(C#N)[C@@]2(C#N)C(=N)O4)cc1. The summed E-state index contributed by atoms with van der Waals surface area (Å²) in [6.07, 6.45) is 1.73. The summed E-state index contributed by atoms with van der Waals surface area (Å²) in [7, 11) is 1.55. The topological polar surface area (TPSA) is 123 Å². The molecule has 1 saturated carbocycles. The van der Waals surface area contributed by atoms with E-state index in [1.165, 1.54) is 0 Å². The average Bonchev–Trinajstić information content (AvgIpc) is 2.72. The van der Waals surface area contributed by atoms with Crippen molar-refractivity contribution >= 4 is 5.90 Å². The second-order valence-electron chi connectivity index (χ2n) is 7.26. The van der Waals surface area contributed by atoms with Crippen LogP contribution in [0.3, 0.4) is 0 Å². The molecule has 3 aliphatic heterocycles. The van der Waals surface area contributed by atoms with E-state index >= 15 is 0 Å². The zero-order chi connectivity index (χ0) is 19.3. The molecule has 1 aliphatic carbocycles. The van der Waals surface area contributed by atoms with E-state index in [1.807, 2.05) is 0 Å². The van der Waals surface area contributed by atoms with Gasteiger partial charge in [0.15, 0.2) is 10.8 Å². The van der Waals surface area contributed by atoms with Crippen molar-refractivity contribution in [3.05, 3.63) is 29.8 Å². The molecule has 3 saturated heterocycles. The molecule has 0 radical (unpaired) electrons. The van der Waals surface area contributed by atoms with E-state index in [0.717, 1.165) is 12.8 Å². The van der Waals surface area contributed by atoms with Crippen molar-refractivity contribution in [3.63, 3.8) is 0 Å². The molecule has 5 rings (SSSR count). The van der Waals surface area contributed by atoms with Crippen LogP contribution in [0.1, 0.15) is 37.4 Å². The Morgan fingerprint density at radius 3 is 2.41 bits per heavy atom. The Morgan fingerprint density at radius 1 is 1.11 bits per heavy atom. The molecule has 4 aliphatic rings. The highest BCUT2D eigenvalue weighted by Crippen LogP contribution is 2.69. The van der Waals surface area contributed by atoms with Gasteiger partial charge in [0.2, 0.25) is 11.7 Å². The van der Waals surface area contributed by atoms with E-state index in [9.17, 15) is 15.8 Å². The highest BCUT2D eigenvalue weighted by molar-refractivity contribution is 5.89. The molecule has 4 fully saturated rings. The minimum atomic E-state index is -1.82. The lowest BCUT2D eigenvalue weighted by Crippen LogP contribution is -2.73. The van der Waals surface area contributed by atoms with Gasteiger partial charge in [0.1, 0.15) is 11.9 Å². The molecular weight excluding hydrogens is 344 g/mol. The smallest absolute Gasteiger partial charge is 0.218 e. The highest BCUT2D eigenvalue weighted by atomic mass is 16.7. The summed E-state index contributed by atoms with van der Waals surface area (Å²) in [5, 5.41) is 38.9. The molecule has 0 aromatic heterocycles. The van der Waals surface area contributed by atoms with Crippen LogP contribution in [0.5, 0.6) is 5.75 Å². The molecule has 3 heterocycles. The van der Waals surface area contributed by atoms with E-state index in [1.54, 1.807) is 31.4 Å². The number of nitrogens with zero attached hydrogens (tertiary/aromatic N) is 3. The van der Waals surface area contributed by atoms with Crippen molar-refractivity contribution in [1.29, 1.82) is 21.2 Å². The molecule has 1 spiro atoms. The number of nitriles is 3. The second kappa shape index (κ2) is 5.71. The van der Waals surface area contributed by atoms with Crippen molar-refractivity contribution in [2.75, 3.05) is 7.11 Å².